The van der Waals surface area contributed by atoms with Gasteiger partial charge in [0.15, 0.2) is 5.82 Å². The van der Waals surface area contributed by atoms with E-state index in [2.05, 4.69) is 4.98 Å². The van der Waals surface area contributed by atoms with E-state index in [-0.39, 0.29) is 11.6 Å². The molecule has 2 aromatic carbocycles. The minimum atomic E-state index is -3.60. The number of hydrogen-bond donors (Lipinski definition) is 0. The summed E-state index contributed by atoms with van der Waals surface area (Å²) in [5.74, 6) is 0.471. The van der Waals surface area contributed by atoms with Gasteiger partial charge in [0.25, 0.3) is 0 Å². The van der Waals surface area contributed by atoms with Gasteiger partial charge in [0.2, 0.25) is 10.0 Å². The van der Waals surface area contributed by atoms with Crippen molar-refractivity contribution in [2.75, 3.05) is 11.6 Å². The molecule has 0 N–H and O–H groups in total. The highest BCUT2D eigenvalue weighted by atomic mass is 32.2. The van der Waals surface area contributed by atoms with Crippen LogP contribution < -0.4 is 4.90 Å². The summed E-state index contributed by atoms with van der Waals surface area (Å²) < 4.78 is 27.7. The third kappa shape index (κ3) is 2.98. The van der Waals surface area contributed by atoms with Gasteiger partial charge < -0.3 is 4.90 Å². The standard InChI is InChI=1S/C20H19N3O2S/c1-16-9-11-17(12-10-16)14-22-15-23(18-6-3-2-4-7-18)20-19(26(22,24)25)8-5-13-21-20/h2-13H,14-15H2,1H3. The third-order valence-electron chi connectivity index (χ3n) is 4.47. The van der Waals surface area contributed by atoms with E-state index in [4.69, 9.17) is 0 Å². The van der Waals surface area contributed by atoms with E-state index in [1.165, 1.54) is 4.31 Å². The number of aryl methyl sites for hydroxylation is 1. The van der Waals surface area contributed by atoms with Gasteiger partial charge in [0.1, 0.15) is 4.90 Å². The highest BCUT2D eigenvalue weighted by Crippen LogP contribution is 2.36. The average Bonchev–Trinajstić information content (AvgIpc) is 2.66. The molecule has 1 aliphatic rings. The van der Waals surface area contributed by atoms with Crippen LogP contribution >= 0.6 is 0 Å². The molecule has 6 heteroatoms. The molecule has 132 valence electrons. The Bertz CT molecular complexity index is 1020. The number of pyridine rings is 1. The number of hydrogen-bond acceptors (Lipinski definition) is 4. The minimum Gasteiger partial charge on any atom is -0.311 e. The van der Waals surface area contributed by atoms with E-state index in [1.54, 1.807) is 18.3 Å². The van der Waals surface area contributed by atoms with Crippen molar-refractivity contribution < 1.29 is 8.42 Å². The van der Waals surface area contributed by atoms with Gasteiger partial charge in [-0.25, -0.2) is 13.4 Å². The van der Waals surface area contributed by atoms with Gasteiger partial charge in [0, 0.05) is 18.4 Å². The second-order valence-electron chi connectivity index (χ2n) is 6.33. The summed E-state index contributed by atoms with van der Waals surface area (Å²) in [4.78, 5) is 6.52. The summed E-state index contributed by atoms with van der Waals surface area (Å²) in [5, 5.41) is 0. The lowest BCUT2D eigenvalue weighted by Crippen LogP contribution is -2.44. The lowest BCUT2D eigenvalue weighted by atomic mass is 10.1. The number of rotatable bonds is 3. The Hall–Kier alpha value is -2.70. The Morgan fingerprint density at radius 2 is 1.69 bits per heavy atom. The Labute approximate surface area is 153 Å². The number of aromatic nitrogens is 1. The second-order valence-corrected chi connectivity index (χ2v) is 8.24. The van der Waals surface area contributed by atoms with Crippen LogP contribution in [-0.2, 0) is 16.6 Å². The summed E-state index contributed by atoms with van der Waals surface area (Å²) in [6, 6.07) is 20.9. The van der Waals surface area contributed by atoms with E-state index in [0.717, 1.165) is 16.8 Å². The molecular weight excluding hydrogens is 346 g/mol. The first-order chi connectivity index (χ1) is 12.6. The summed E-state index contributed by atoms with van der Waals surface area (Å²) >= 11 is 0. The Kier molecular flexibility index (Phi) is 4.22. The smallest absolute Gasteiger partial charge is 0.248 e. The lowest BCUT2D eigenvalue weighted by molar-refractivity contribution is 0.402. The predicted molar refractivity (Wildman–Crippen MR) is 102 cm³/mol. The molecular formula is C20H19N3O2S. The van der Waals surface area contributed by atoms with Gasteiger partial charge in [-0.15, -0.1) is 0 Å². The Morgan fingerprint density at radius 1 is 0.962 bits per heavy atom. The van der Waals surface area contributed by atoms with Crippen LogP contribution in [0.3, 0.4) is 0 Å². The number of anilines is 2. The topological polar surface area (TPSA) is 53.5 Å². The molecule has 1 aromatic heterocycles. The van der Waals surface area contributed by atoms with Crippen LogP contribution in [0.1, 0.15) is 11.1 Å². The molecule has 2 heterocycles. The number of sulfonamides is 1. The first-order valence-electron chi connectivity index (χ1n) is 8.39. The predicted octanol–water partition coefficient (Wildman–Crippen LogP) is 3.69. The van der Waals surface area contributed by atoms with E-state index in [1.807, 2.05) is 66.4 Å². The minimum absolute atomic E-state index is 0.226. The Morgan fingerprint density at radius 3 is 2.42 bits per heavy atom. The van der Waals surface area contributed by atoms with E-state index >= 15 is 0 Å². The van der Waals surface area contributed by atoms with Crippen molar-refractivity contribution in [1.29, 1.82) is 0 Å². The summed E-state index contributed by atoms with van der Waals surface area (Å²) in [5.41, 5.74) is 3.02. The van der Waals surface area contributed by atoms with Crippen molar-refractivity contribution in [3.05, 3.63) is 84.1 Å². The maximum absolute atomic E-state index is 13.1. The fourth-order valence-corrected chi connectivity index (χ4v) is 4.58. The van der Waals surface area contributed by atoms with Gasteiger partial charge in [0.05, 0.1) is 6.67 Å². The van der Waals surface area contributed by atoms with Crippen molar-refractivity contribution in [3.8, 4) is 0 Å². The van der Waals surface area contributed by atoms with Gasteiger partial charge in [-0.3, -0.25) is 0 Å². The molecule has 0 saturated carbocycles. The summed E-state index contributed by atoms with van der Waals surface area (Å²) in [6.45, 7) is 2.56. The number of fused-ring (bicyclic) bond motifs is 1. The largest absolute Gasteiger partial charge is 0.311 e. The van der Waals surface area contributed by atoms with Crippen molar-refractivity contribution >= 4 is 21.5 Å². The molecule has 0 unspecified atom stereocenters. The molecule has 0 fully saturated rings. The molecule has 0 radical (unpaired) electrons. The highest BCUT2D eigenvalue weighted by Gasteiger charge is 2.36. The van der Waals surface area contributed by atoms with Crippen LogP contribution in [0.25, 0.3) is 0 Å². The first-order valence-corrected chi connectivity index (χ1v) is 9.83. The number of para-hydroxylation sites is 1. The normalized spacial score (nSPS) is 16.3. The van der Waals surface area contributed by atoms with Crippen LogP contribution in [0.4, 0.5) is 11.5 Å². The first kappa shape index (κ1) is 16.8. The maximum atomic E-state index is 13.1. The monoisotopic (exact) mass is 365 g/mol. The molecule has 3 aromatic rings. The van der Waals surface area contributed by atoms with Crippen LogP contribution in [0.15, 0.2) is 77.8 Å². The maximum Gasteiger partial charge on any atom is 0.248 e. The molecule has 0 saturated heterocycles. The van der Waals surface area contributed by atoms with Crippen LogP contribution in [0, 0.1) is 6.92 Å². The van der Waals surface area contributed by atoms with Crippen molar-refractivity contribution in [2.24, 2.45) is 0 Å². The van der Waals surface area contributed by atoms with Crippen molar-refractivity contribution in [1.82, 2.24) is 9.29 Å². The van der Waals surface area contributed by atoms with Crippen LogP contribution in [0.2, 0.25) is 0 Å². The van der Waals surface area contributed by atoms with Gasteiger partial charge in [-0.1, -0.05) is 48.0 Å². The molecule has 4 rings (SSSR count). The Balaban J connectivity index is 1.78. The number of benzene rings is 2. The van der Waals surface area contributed by atoms with E-state index < -0.39 is 10.0 Å². The summed E-state index contributed by atoms with van der Waals surface area (Å²) in [6.07, 6.45) is 1.62. The zero-order valence-corrected chi connectivity index (χ0v) is 15.2. The molecule has 5 nitrogen and oxygen atoms in total. The molecule has 0 bridgehead atoms. The van der Waals surface area contributed by atoms with Gasteiger partial charge in [-0.2, -0.15) is 4.31 Å². The zero-order chi connectivity index (χ0) is 18.1. The van der Waals surface area contributed by atoms with Crippen molar-refractivity contribution in [3.63, 3.8) is 0 Å². The molecule has 0 amide bonds. The van der Waals surface area contributed by atoms with E-state index in [9.17, 15) is 8.42 Å². The molecule has 1 aliphatic heterocycles. The van der Waals surface area contributed by atoms with Crippen LogP contribution in [-0.4, -0.2) is 24.4 Å². The quantitative estimate of drug-likeness (QED) is 0.710. The fourth-order valence-electron chi connectivity index (χ4n) is 3.07. The molecule has 0 atom stereocenters. The molecule has 0 spiro atoms. The SMILES string of the molecule is Cc1ccc(CN2CN(c3ccccc3)c3ncccc3S2(=O)=O)cc1. The molecule has 26 heavy (non-hydrogen) atoms. The molecule has 0 aliphatic carbocycles. The van der Waals surface area contributed by atoms with Crippen LogP contribution in [0.5, 0.6) is 0 Å². The number of nitrogens with zero attached hydrogens (tertiary/aromatic N) is 3. The zero-order valence-electron chi connectivity index (χ0n) is 14.4. The van der Waals surface area contributed by atoms with Gasteiger partial charge in [-0.05, 0) is 36.8 Å². The fraction of sp³-hybridized carbons (Fsp3) is 0.150. The van der Waals surface area contributed by atoms with Crippen molar-refractivity contribution in [2.45, 2.75) is 18.4 Å². The highest BCUT2D eigenvalue weighted by molar-refractivity contribution is 7.89. The van der Waals surface area contributed by atoms with E-state index in [0.29, 0.717) is 12.4 Å². The lowest BCUT2D eigenvalue weighted by Gasteiger charge is -2.36. The summed E-state index contributed by atoms with van der Waals surface area (Å²) in [7, 11) is -3.60. The average molecular weight is 365 g/mol. The third-order valence-corrected chi connectivity index (χ3v) is 6.27. The van der Waals surface area contributed by atoms with Gasteiger partial charge >= 0.3 is 0 Å². The second kappa shape index (κ2) is 6.55.